The predicted octanol–water partition coefficient (Wildman–Crippen LogP) is 4.62. The maximum atomic E-state index is 13.2. The Morgan fingerprint density at radius 1 is 1.07 bits per heavy atom. The summed E-state index contributed by atoms with van der Waals surface area (Å²) in [6.07, 6.45) is 3.80. The molecule has 1 atom stereocenters. The highest BCUT2D eigenvalue weighted by molar-refractivity contribution is 6.13. The number of aryl methyl sites for hydroxylation is 1. The van der Waals surface area contributed by atoms with Gasteiger partial charge in [-0.1, -0.05) is 56.2 Å². The largest absolute Gasteiger partial charge is 0.461 e. The van der Waals surface area contributed by atoms with Crippen molar-refractivity contribution < 1.29 is 29.2 Å². The summed E-state index contributed by atoms with van der Waals surface area (Å²) < 4.78 is 11.0. The average molecular weight is 412 g/mol. The number of esters is 1. The molecule has 2 aromatic rings. The Morgan fingerprint density at radius 2 is 1.80 bits per heavy atom. The van der Waals surface area contributed by atoms with Gasteiger partial charge in [-0.2, -0.15) is 4.89 Å². The van der Waals surface area contributed by atoms with Crippen molar-refractivity contribution in [1.82, 2.24) is 0 Å². The molecule has 0 amide bonds. The molecule has 30 heavy (non-hydrogen) atoms. The van der Waals surface area contributed by atoms with Crippen LogP contribution in [0.15, 0.2) is 42.5 Å². The Bertz CT molecular complexity index is 920. The Kier molecular flexibility index (Phi) is 7.02. The fourth-order valence-electron chi connectivity index (χ4n) is 3.80. The molecule has 0 aromatic heterocycles. The molecule has 0 aliphatic heterocycles. The maximum Gasteiger partial charge on any atom is 0.332 e. The highest BCUT2D eigenvalue weighted by atomic mass is 17.1. The molecule has 1 aliphatic carbocycles. The Labute approximate surface area is 176 Å². The lowest BCUT2D eigenvalue weighted by Crippen LogP contribution is -2.41. The number of carbonyl (C=O) groups is 2. The third-order valence-electron chi connectivity index (χ3n) is 5.17. The van der Waals surface area contributed by atoms with Crippen molar-refractivity contribution in [2.24, 2.45) is 0 Å². The van der Waals surface area contributed by atoms with Crippen LogP contribution in [0.3, 0.4) is 0 Å². The highest BCUT2D eigenvalue weighted by Crippen LogP contribution is 2.43. The zero-order valence-corrected chi connectivity index (χ0v) is 17.6. The molecule has 0 bridgehead atoms. The molecule has 0 fully saturated rings. The fourth-order valence-corrected chi connectivity index (χ4v) is 3.80. The molecule has 0 saturated heterocycles. The topological polar surface area (TPSA) is 82.1 Å². The second-order valence-electron chi connectivity index (χ2n) is 7.75. The summed E-state index contributed by atoms with van der Waals surface area (Å²) in [5, 5.41) is 9.97. The lowest BCUT2D eigenvalue weighted by atomic mass is 9.79. The monoisotopic (exact) mass is 412 g/mol. The molecule has 0 spiro atoms. The van der Waals surface area contributed by atoms with Crippen LogP contribution in [0.25, 0.3) is 0 Å². The van der Waals surface area contributed by atoms with Gasteiger partial charge in [-0.3, -0.25) is 4.79 Å². The molecule has 6 heteroatoms. The maximum absolute atomic E-state index is 13.2. The minimum atomic E-state index is -1.79. The molecule has 0 heterocycles. The molecule has 1 N–H and O–H groups in total. The third-order valence-corrected chi connectivity index (χ3v) is 5.17. The van der Waals surface area contributed by atoms with Crippen LogP contribution in [-0.2, 0) is 31.4 Å². The van der Waals surface area contributed by atoms with Crippen LogP contribution in [-0.4, -0.2) is 29.7 Å². The van der Waals surface area contributed by atoms with Crippen LogP contribution in [0.4, 0.5) is 0 Å². The number of benzene rings is 2. The van der Waals surface area contributed by atoms with E-state index in [0.717, 1.165) is 31.2 Å². The zero-order valence-electron chi connectivity index (χ0n) is 17.6. The Hall–Kier alpha value is -2.54. The van der Waals surface area contributed by atoms with E-state index in [1.54, 1.807) is 44.2 Å². The van der Waals surface area contributed by atoms with E-state index in [1.807, 2.05) is 12.1 Å². The minimum Gasteiger partial charge on any atom is -0.461 e. The van der Waals surface area contributed by atoms with Crippen molar-refractivity contribution in [3.63, 3.8) is 0 Å². The van der Waals surface area contributed by atoms with Gasteiger partial charge in [0.05, 0.1) is 6.10 Å². The third kappa shape index (κ3) is 4.31. The van der Waals surface area contributed by atoms with Gasteiger partial charge < -0.3 is 9.47 Å². The summed E-state index contributed by atoms with van der Waals surface area (Å²) in [4.78, 5) is 30.2. The van der Waals surface area contributed by atoms with Crippen molar-refractivity contribution in [1.29, 1.82) is 0 Å². The van der Waals surface area contributed by atoms with Gasteiger partial charge in [-0.25, -0.2) is 10.1 Å². The van der Waals surface area contributed by atoms with E-state index in [0.29, 0.717) is 22.3 Å². The first-order valence-electron chi connectivity index (χ1n) is 10.4. The van der Waals surface area contributed by atoms with Crippen LogP contribution in [0.2, 0.25) is 0 Å². The molecule has 1 unspecified atom stereocenters. The number of carbonyl (C=O) groups excluding carboxylic acids is 2. The molecule has 0 saturated carbocycles. The SMILES string of the molecule is CCCCCc1ccc2c(c1)C(=O)c1ccccc1C2(OO)OCC(=O)OC(C)C. The minimum absolute atomic E-state index is 0.168. The number of hydrogen-bond donors (Lipinski definition) is 1. The van der Waals surface area contributed by atoms with Crippen molar-refractivity contribution >= 4 is 11.8 Å². The zero-order chi connectivity index (χ0) is 21.7. The number of rotatable bonds is 9. The molecule has 6 nitrogen and oxygen atoms in total. The van der Waals surface area contributed by atoms with Gasteiger partial charge in [0.2, 0.25) is 0 Å². The lowest BCUT2D eigenvalue weighted by molar-refractivity contribution is -0.395. The van der Waals surface area contributed by atoms with Crippen LogP contribution in [0.5, 0.6) is 0 Å². The van der Waals surface area contributed by atoms with Crippen LogP contribution >= 0.6 is 0 Å². The van der Waals surface area contributed by atoms with Crippen LogP contribution in [0, 0.1) is 0 Å². The van der Waals surface area contributed by atoms with Gasteiger partial charge in [-0.05, 0) is 38.3 Å². The van der Waals surface area contributed by atoms with E-state index in [2.05, 4.69) is 6.92 Å². The van der Waals surface area contributed by atoms with Gasteiger partial charge in [-0.15, -0.1) is 0 Å². The number of unbranched alkanes of at least 4 members (excludes halogenated alkanes) is 2. The summed E-state index contributed by atoms with van der Waals surface area (Å²) >= 11 is 0. The normalized spacial score (nSPS) is 17.6. The molecular weight excluding hydrogens is 384 g/mol. The molecule has 160 valence electrons. The molecule has 0 radical (unpaired) electrons. The first-order valence-corrected chi connectivity index (χ1v) is 10.4. The summed E-state index contributed by atoms with van der Waals surface area (Å²) in [5.41, 5.74) is 2.50. The predicted molar refractivity (Wildman–Crippen MR) is 111 cm³/mol. The van der Waals surface area contributed by atoms with Gasteiger partial charge >= 0.3 is 5.97 Å². The quantitative estimate of drug-likeness (QED) is 0.213. The van der Waals surface area contributed by atoms with Gasteiger partial charge in [0, 0.05) is 22.3 Å². The van der Waals surface area contributed by atoms with Crippen LogP contribution in [0.1, 0.15) is 72.6 Å². The second kappa shape index (κ2) is 9.51. The number of fused-ring (bicyclic) bond motifs is 2. The van der Waals surface area contributed by atoms with E-state index in [-0.39, 0.29) is 11.9 Å². The Balaban J connectivity index is 2.03. The van der Waals surface area contributed by atoms with E-state index >= 15 is 0 Å². The van der Waals surface area contributed by atoms with E-state index in [1.165, 1.54) is 0 Å². The molecular formula is C24H28O6. The van der Waals surface area contributed by atoms with E-state index < -0.39 is 18.4 Å². The summed E-state index contributed by atoms with van der Waals surface area (Å²) in [7, 11) is 0. The summed E-state index contributed by atoms with van der Waals surface area (Å²) in [6, 6.07) is 12.2. The van der Waals surface area contributed by atoms with Crippen molar-refractivity contribution in [3.8, 4) is 0 Å². The van der Waals surface area contributed by atoms with Gasteiger partial charge in [0.25, 0.3) is 5.79 Å². The second-order valence-corrected chi connectivity index (χ2v) is 7.75. The summed E-state index contributed by atoms with van der Waals surface area (Å²) in [6.45, 7) is 5.17. The molecule has 3 rings (SSSR count). The molecule has 2 aromatic carbocycles. The first kappa shape index (κ1) is 22.2. The number of hydrogen-bond acceptors (Lipinski definition) is 6. The summed E-state index contributed by atoms with van der Waals surface area (Å²) in [5.74, 6) is -2.55. The standard InChI is InChI=1S/C24H28O6/c1-4-5-6-9-17-12-13-21-19(14-17)23(26)18-10-7-8-11-20(18)24(21,30-27)28-15-22(25)29-16(2)3/h7-8,10-14,16,27H,4-6,9,15H2,1-3H3. The van der Waals surface area contributed by atoms with Crippen molar-refractivity contribution in [2.75, 3.05) is 6.61 Å². The fraction of sp³-hybridized carbons (Fsp3) is 0.417. The first-order chi connectivity index (χ1) is 14.4. The average Bonchev–Trinajstić information content (AvgIpc) is 2.74. The van der Waals surface area contributed by atoms with Crippen molar-refractivity contribution in [2.45, 2.75) is 58.3 Å². The molecule has 1 aliphatic rings. The smallest absolute Gasteiger partial charge is 0.332 e. The van der Waals surface area contributed by atoms with E-state index in [9.17, 15) is 14.8 Å². The number of ketones is 1. The van der Waals surface area contributed by atoms with Gasteiger partial charge in [0.15, 0.2) is 5.78 Å². The highest BCUT2D eigenvalue weighted by Gasteiger charge is 2.47. The van der Waals surface area contributed by atoms with Crippen LogP contribution < -0.4 is 0 Å². The Morgan fingerprint density at radius 3 is 2.50 bits per heavy atom. The number of ether oxygens (including phenoxy) is 2. The lowest BCUT2D eigenvalue weighted by Gasteiger charge is -2.36. The van der Waals surface area contributed by atoms with Gasteiger partial charge in [0.1, 0.15) is 6.61 Å². The van der Waals surface area contributed by atoms with Crippen molar-refractivity contribution in [3.05, 3.63) is 70.3 Å². The van der Waals surface area contributed by atoms with E-state index in [4.69, 9.17) is 14.4 Å².